The fourth-order valence-corrected chi connectivity index (χ4v) is 3.31. The van der Waals surface area contributed by atoms with Crippen LogP contribution in [-0.4, -0.2) is 0 Å². The van der Waals surface area contributed by atoms with Gasteiger partial charge in [-0.1, -0.05) is 17.7 Å². The molecule has 1 heterocycles. The van der Waals surface area contributed by atoms with E-state index in [4.69, 9.17) is 11.6 Å². The van der Waals surface area contributed by atoms with Crippen LogP contribution in [0.1, 0.15) is 41.2 Å². The zero-order valence-corrected chi connectivity index (χ0v) is 12.8. The molecule has 1 aromatic heterocycles. The second-order valence-electron chi connectivity index (χ2n) is 4.72. The quantitative estimate of drug-likeness (QED) is 0.811. The molecule has 0 radical (unpaired) electrons. The van der Waals surface area contributed by atoms with E-state index in [0.717, 1.165) is 5.56 Å². The SMILES string of the molecule is Cc1ccc(C(C)NC(C)c2ccc(F)cc2Cl)s1. The highest BCUT2D eigenvalue weighted by Crippen LogP contribution is 2.28. The van der Waals surface area contributed by atoms with Crippen molar-refractivity contribution in [3.8, 4) is 0 Å². The van der Waals surface area contributed by atoms with Crippen molar-refractivity contribution in [2.75, 3.05) is 0 Å². The van der Waals surface area contributed by atoms with Gasteiger partial charge < -0.3 is 5.32 Å². The molecule has 4 heteroatoms. The number of rotatable bonds is 4. The summed E-state index contributed by atoms with van der Waals surface area (Å²) in [6.07, 6.45) is 0. The summed E-state index contributed by atoms with van der Waals surface area (Å²) in [5.74, 6) is -0.303. The predicted molar refractivity (Wildman–Crippen MR) is 80.4 cm³/mol. The number of halogens is 2. The van der Waals surface area contributed by atoms with Crippen LogP contribution in [0.25, 0.3) is 0 Å². The van der Waals surface area contributed by atoms with Crippen LogP contribution in [0.15, 0.2) is 30.3 Å². The first-order valence-corrected chi connectivity index (χ1v) is 7.44. The average Bonchev–Trinajstić information content (AvgIpc) is 2.75. The smallest absolute Gasteiger partial charge is 0.124 e. The fraction of sp³-hybridized carbons (Fsp3) is 0.333. The molecule has 0 spiro atoms. The van der Waals surface area contributed by atoms with Gasteiger partial charge in [-0.25, -0.2) is 4.39 Å². The van der Waals surface area contributed by atoms with Gasteiger partial charge in [-0.05, 0) is 50.6 Å². The number of thiophene rings is 1. The molecule has 2 aromatic rings. The first-order chi connectivity index (χ1) is 8.97. The Kier molecular flexibility index (Phi) is 4.61. The lowest BCUT2D eigenvalue weighted by atomic mass is 10.1. The van der Waals surface area contributed by atoms with Crippen molar-refractivity contribution < 1.29 is 4.39 Å². The molecule has 0 aliphatic carbocycles. The Morgan fingerprint density at radius 3 is 2.47 bits per heavy atom. The number of hydrogen-bond acceptors (Lipinski definition) is 2. The highest BCUT2D eigenvalue weighted by Gasteiger charge is 2.15. The van der Waals surface area contributed by atoms with Crippen molar-refractivity contribution in [3.63, 3.8) is 0 Å². The maximum Gasteiger partial charge on any atom is 0.124 e. The third kappa shape index (κ3) is 3.56. The monoisotopic (exact) mass is 297 g/mol. The second kappa shape index (κ2) is 6.04. The molecule has 1 N–H and O–H groups in total. The molecule has 102 valence electrons. The third-order valence-electron chi connectivity index (χ3n) is 3.12. The summed E-state index contributed by atoms with van der Waals surface area (Å²) in [7, 11) is 0. The van der Waals surface area contributed by atoms with Gasteiger partial charge in [0.1, 0.15) is 5.82 Å². The first-order valence-electron chi connectivity index (χ1n) is 6.24. The molecular weight excluding hydrogens is 281 g/mol. The molecule has 0 fully saturated rings. The summed E-state index contributed by atoms with van der Waals surface area (Å²) in [5, 5.41) is 3.96. The van der Waals surface area contributed by atoms with Gasteiger partial charge in [0.2, 0.25) is 0 Å². The standard InChI is InChI=1S/C15H17ClFNS/c1-9-4-7-15(19-9)11(3)18-10(2)13-6-5-12(17)8-14(13)16/h4-8,10-11,18H,1-3H3. The van der Waals surface area contributed by atoms with Crippen molar-refractivity contribution in [1.82, 2.24) is 5.32 Å². The number of aryl methyl sites for hydroxylation is 1. The van der Waals surface area contributed by atoms with Gasteiger partial charge in [-0.2, -0.15) is 0 Å². The van der Waals surface area contributed by atoms with Crippen LogP contribution in [0.4, 0.5) is 4.39 Å². The minimum Gasteiger partial charge on any atom is -0.303 e. The zero-order chi connectivity index (χ0) is 14.0. The lowest BCUT2D eigenvalue weighted by Gasteiger charge is -2.20. The van der Waals surface area contributed by atoms with Gasteiger partial charge in [0.05, 0.1) is 0 Å². The summed E-state index contributed by atoms with van der Waals surface area (Å²) in [6.45, 7) is 6.26. The van der Waals surface area contributed by atoms with E-state index in [2.05, 4.69) is 31.3 Å². The van der Waals surface area contributed by atoms with Crippen LogP contribution >= 0.6 is 22.9 Å². The van der Waals surface area contributed by atoms with Crippen molar-refractivity contribution in [1.29, 1.82) is 0 Å². The molecular formula is C15H17ClFNS. The van der Waals surface area contributed by atoms with Gasteiger partial charge in [0.25, 0.3) is 0 Å². The van der Waals surface area contributed by atoms with E-state index < -0.39 is 0 Å². The van der Waals surface area contributed by atoms with Crippen molar-refractivity contribution >= 4 is 22.9 Å². The molecule has 2 atom stereocenters. The Morgan fingerprint density at radius 1 is 1.16 bits per heavy atom. The molecule has 2 unspecified atom stereocenters. The highest BCUT2D eigenvalue weighted by atomic mass is 35.5. The minimum absolute atomic E-state index is 0.0745. The van der Waals surface area contributed by atoms with E-state index in [1.165, 1.54) is 21.9 Å². The molecule has 1 nitrogen and oxygen atoms in total. The van der Waals surface area contributed by atoms with Crippen LogP contribution in [0.3, 0.4) is 0 Å². The van der Waals surface area contributed by atoms with Gasteiger partial charge in [0, 0.05) is 26.9 Å². The van der Waals surface area contributed by atoms with Crippen LogP contribution in [0, 0.1) is 12.7 Å². The Hall–Kier alpha value is -0.900. The minimum atomic E-state index is -0.303. The topological polar surface area (TPSA) is 12.0 Å². The zero-order valence-electron chi connectivity index (χ0n) is 11.2. The molecule has 0 saturated carbocycles. The van der Waals surface area contributed by atoms with E-state index in [0.29, 0.717) is 5.02 Å². The molecule has 19 heavy (non-hydrogen) atoms. The van der Waals surface area contributed by atoms with Crippen molar-refractivity contribution in [3.05, 3.63) is 56.5 Å². The average molecular weight is 298 g/mol. The second-order valence-corrected chi connectivity index (χ2v) is 6.45. The lowest BCUT2D eigenvalue weighted by molar-refractivity contribution is 0.499. The molecule has 0 amide bonds. The summed E-state index contributed by atoms with van der Waals surface area (Å²) in [5.41, 5.74) is 0.920. The van der Waals surface area contributed by atoms with Gasteiger partial charge in [-0.3, -0.25) is 0 Å². The van der Waals surface area contributed by atoms with Crippen LogP contribution in [0.2, 0.25) is 5.02 Å². The first kappa shape index (κ1) is 14.5. The van der Waals surface area contributed by atoms with Crippen molar-refractivity contribution in [2.45, 2.75) is 32.9 Å². The fourth-order valence-electron chi connectivity index (χ4n) is 2.09. The largest absolute Gasteiger partial charge is 0.303 e. The maximum absolute atomic E-state index is 13.0. The van der Waals surface area contributed by atoms with Crippen LogP contribution < -0.4 is 5.32 Å². The molecule has 0 saturated heterocycles. The summed E-state index contributed by atoms with van der Waals surface area (Å²) < 4.78 is 13.0. The Morgan fingerprint density at radius 2 is 1.89 bits per heavy atom. The Labute approximate surface area is 122 Å². The molecule has 1 aromatic carbocycles. The number of benzene rings is 1. The van der Waals surface area contributed by atoms with E-state index in [9.17, 15) is 4.39 Å². The summed E-state index contributed by atoms with van der Waals surface area (Å²) in [4.78, 5) is 2.60. The predicted octanol–water partition coefficient (Wildman–Crippen LogP) is 5.26. The molecule has 0 aliphatic rings. The normalized spacial score (nSPS) is 14.4. The lowest BCUT2D eigenvalue weighted by Crippen LogP contribution is -2.22. The van der Waals surface area contributed by atoms with E-state index in [1.54, 1.807) is 17.4 Å². The van der Waals surface area contributed by atoms with Crippen LogP contribution in [0.5, 0.6) is 0 Å². The van der Waals surface area contributed by atoms with E-state index in [-0.39, 0.29) is 17.9 Å². The Balaban J connectivity index is 2.10. The Bertz CT molecular complexity index is 567. The van der Waals surface area contributed by atoms with Crippen LogP contribution in [-0.2, 0) is 0 Å². The molecule has 2 rings (SSSR count). The van der Waals surface area contributed by atoms with Gasteiger partial charge in [0.15, 0.2) is 0 Å². The van der Waals surface area contributed by atoms with Crippen molar-refractivity contribution in [2.24, 2.45) is 0 Å². The van der Waals surface area contributed by atoms with Gasteiger partial charge >= 0.3 is 0 Å². The summed E-state index contributed by atoms with van der Waals surface area (Å²) in [6, 6.07) is 9.11. The summed E-state index contributed by atoms with van der Waals surface area (Å²) >= 11 is 7.86. The number of hydrogen-bond donors (Lipinski definition) is 1. The van der Waals surface area contributed by atoms with E-state index in [1.807, 2.05) is 6.92 Å². The van der Waals surface area contributed by atoms with E-state index >= 15 is 0 Å². The number of nitrogens with one attached hydrogen (secondary N) is 1. The maximum atomic E-state index is 13.0. The molecule has 0 bridgehead atoms. The van der Waals surface area contributed by atoms with Gasteiger partial charge in [-0.15, -0.1) is 11.3 Å². The highest BCUT2D eigenvalue weighted by molar-refractivity contribution is 7.12. The third-order valence-corrected chi connectivity index (χ3v) is 4.63. The molecule has 0 aliphatic heterocycles.